The van der Waals surface area contributed by atoms with E-state index in [0.717, 1.165) is 83.5 Å². The average molecular weight is 1190 g/mol. The number of unbranched alkanes of at least 4 members (excludes halogenated alkanes) is 26. The Morgan fingerprint density at radius 1 is 0.536 bits per heavy atom. The van der Waals surface area contributed by atoms with E-state index in [9.17, 15) is 34.5 Å². The van der Waals surface area contributed by atoms with Gasteiger partial charge in [-0.3, -0.25) is 24.1 Å². The topological polar surface area (TPSA) is 188 Å². The molecule has 0 aromatic carbocycles. The minimum absolute atomic E-state index is 0. The first kappa shape index (κ1) is 82.2. The number of fused-ring (bicyclic) bond motifs is 1. The molecule has 84 heavy (non-hydrogen) atoms. The Morgan fingerprint density at radius 2 is 0.917 bits per heavy atom. The van der Waals surface area contributed by atoms with E-state index < -0.39 is 42.7 Å². The third-order valence-corrected chi connectivity index (χ3v) is 16.2. The number of rotatable bonds is 51. The van der Waals surface area contributed by atoms with Gasteiger partial charge in [0.15, 0.2) is 12.2 Å². The molecule has 15 heteroatoms. The minimum Gasteiger partial charge on any atom is -0.496 e. The first-order valence-corrected chi connectivity index (χ1v) is 34.5. The van der Waals surface area contributed by atoms with E-state index in [1.807, 2.05) is 0 Å². The molecule has 3 heterocycles. The summed E-state index contributed by atoms with van der Waals surface area (Å²) in [4.78, 5) is 49.4. The zero-order valence-electron chi connectivity index (χ0n) is 54.8. The Labute approximate surface area is 526 Å². The summed E-state index contributed by atoms with van der Waals surface area (Å²) in [6.45, 7) is 21.9. The van der Waals surface area contributed by atoms with E-state index in [1.165, 1.54) is 154 Å². The monoisotopic (exact) mass is 1190 g/mol. The number of esters is 4. The Kier molecular flexibility index (Phi) is 56.5. The standard InChI is InChI=1S/C38H70NO8.C25H49O3.C6H9O2.Li/c1-4-7-9-11-13-15-17-19-23-31(40)27-39(28-32(41)24-20-18-16-14-12-10-8-5-2)26-21-25-36(43)47-34-30-45-37-33(29-44-38(34)37)46-35(42)22-6-3;1-4-6-8-10-12-16-20-24(21-17-13-11-9-7-5-2)28-25(27)22-18-14-15-19-23(3)26;1-5-3-2-4-6(7)8-5;/h31-34,37-38,40-41H,3-30H2,1-2H3;23-24,26H,3-22H2,1-2H3;5H,1-4H2;/q3*-1;+1/t31?,32?,33-,34-,37-,38-;;;/m1.../s1. The molecular formula is C69H128LiNO13-2. The van der Waals surface area contributed by atoms with Gasteiger partial charge in [-0.1, -0.05) is 220 Å². The molecule has 0 aliphatic carbocycles. The van der Waals surface area contributed by atoms with Gasteiger partial charge in [-0.05, 0) is 76.9 Å². The average Bonchev–Trinajstić information content (AvgIpc) is 4.21. The Bertz CT molecular complexity index is 1480. The second kappa shape index (κ2) is 57.7. The largest absolute Gasteiger partial charge is 1.00 e. The maximum Gasteiger partial charge on any atom is 1.00 e. The van der Waals surface area contributed by atoms with Gasteiger partial charge in [0.2, 0.25) is 0 Å². The van der Waals surface area contributed by atoms with Crippen LogP contribution in [0.3, 0.4) is 0 Å². The summed E-state index contributed by atoms with van der Waals surface area (Å²) in [5.74, 6) is -0.777. The van der Waals surface area contributed by atoms with Crippen LogP contribution in [-0.4, -0.2) is 132 Å². The van der Waals surface area contributed by atoms with Crippen molar-refractivity contribution in [1.29, 1.82) is 0 Å². The predicted octanol–water partition coefficient (Wildman–Crippen LogP) is 12.6. The van der Waals surface area contributed by atoms with E-state index in [2.05, 4.69) is 53.4 Å². The van der Waals surface area contributed by atoms with Crippen molar-refractivity contribution in [2.45, 2.75) is 365 Å². The molecule has 0 bridgehead atoms. The summed E-state index contributed by atoms with van der Waals surface area (Å²) >= 11 is 0. The van der Waals surface area contributed by atoms with Crippen LogP contribution in [0.5, 0.6) is 0 Å². The molecule has 0 aromatic rings. The van der Waals surface area contributed by atoms with E-state index in [1.54, 1.807) is 0 Å². The van der Waals surface area contributed by atoms with Crippen LogP contribution in [0.15, 0.2) is 0 Å². The number of carbonyl (C=O) groups excluding carboxylic acids is 4. The summed E-state index contributed by atoms with van der Waals surface area (Å²) < 4.78 is 33.3. The van der Waals surface area contributed by atoms with Crippen LogP contribution in [0, 0.1) is 20.8 Å². The Morgan fingerprint density at radius 3 is 1.31 bits per heavy atom. The number of aliphatic hydroxyl groups excluding tert-OH is 3. The minimum atomic E-state index is -0.526. The van der Waals surface area contributed by atoms with Crippen LogP contribution in [-0.2, 0) is 47.6 Å². The van der Waals surface area contributed by atoms with E-state index in [-0.39, 0.29) is 81.0 Å². The zero-order valence-corrected chi connectivity index (χ0v) is 54.8. The van der Waals surface area contributed by atoms with Crippen molar-refractivity contribution in [3.63, 3.8) is 0 Å². The molecule has 4 unspecified atom stereocenters. The van der Waals surface area contributed by atoms with Crippen LogP contribution in [0.25, 0.3) is 0 Å². The third-order valence-electron chi connectivity index (χ3n) is 16.2. The maximum absolute atomic E-state index is 12.8. The molecule has 3 aliphatic rings. The van der Waals surface area contributed by atoms with Gasteiger partial charge in [0, 0.05) is 38.8 Å². The molecule has 0 aromatic heterocycles. The van der Waals surface area contributed by atoms with Crippen LogP contribution >= 0.6 is 0 Å². The number of cyclic esters (lactones) is 1. The molecule has 3 aliphatic heterocycles. The van der Waals surface area contributed by atoms with Crippen LogP contribution in [0.1, 0.15) is 310 Å². The SMILES string of the molecule is [CH2-]C(O)CCCCCC(=O)OC(CCCCCCCC)CCCCCCCC.[CH2-]C1CCCC(=O)O1.[CH2-]CCC(=O)O[C@@H]1CO[C@H]2[C@@H]1OC[C@H]2OC(=O)CCCN(CC(O)CCCCCCCCCC)CC(O)CCCCCCCCCC.[Li+]. The van der Waals surface area contributed by atoms with Crippen molar-refractivity contribution in [1.82, 2.24) is 4.90 Å². The summed E-state index contributed by atoms with van der Waals surface area (Å²) in [5.41, 5.74) is 0. The van der Waals surface area contributed by atoms with Gasteiger partial charge in [-0.2, -0.15) is 6.42 Å². The molecule has 8 atom stereocenters. The van der Waals surface area contributed by atoms with Gasteiger partial charge in [0.25, 0.3) is 0 Å². The number of ether oxygens (including phenoxy) is 6. The van der Waals surface area contributed by atoms with Gasteiger partial charge >= 0.3 is 42.7 Å². The molecule has 0 radical (unpaired) electrons. The van der Waals surface area contributed by atoms with Crippen molar-refractivity contribution in [2.75, 3.05) is 32.8 Å². The van der Waals surface area contributed by atoms with Crippen molar-refractivity contribution >= 4 is 23.9 Å². The predicted molar refractivity (Wildman–Crippen MR) is 335 cm³/mol. The molecule has 0 saturated carbocycles. The first-order valence-electron chi connectivity index (χ1n) is 34.5. The van der Waals surface area contributed by atoms with Gasteiger partial charge in [-0.15, -0.1) is 0 Å². The molecule has 490 valence electrons. The van der Waals surface area contributed by atoms with Crippen molar-refractivity contribution < 1.29 is 81.8 Å². The van der Waals surface area contributed by atoms with Gasteiger partial charge < -0.3 is 64.5 Å². The molecule has 0 amide bonds. The van der Waals surface area contributed by atoms with Gasteiger partial charge in [-0.25, -0.2) is 0 Å². The summed E-state index contributed by atoms with van der Waals surface area (Å²) in [6.07, 6.45) is 43.4. The maximum atomic E-state index is 12.8. The van der Waals surface area contributed by atoms with Crippen LogP contribution in [0.2, 0.25) is 0 Å². The Balaban J connectivity index is 0.00000156. The number of nitrogens with zero attached hydrogens (tertiary/aromatic N) is 1. The fraction of sp³-hybridized carbons (Fsp3) is 0.899. The van der Waals surface area contributed by atoms with Gasteiger partial charge in [0.05, 0.1) is 25.4 Å². The van der Waals surface area contributed by atoms with Crippen molar-refractivity contribution in [3.05, 3.63) is 20.8 Å². The second-order valence-electron chi connectivity index (χ2n) is 24.4. The van der Waals surface area contributed by atoms with Crippen LogP contribution in [0.4, 0.5) is 0 Å². The van der Waals surface area contributed by atoms with E-state index in [0.29, 0.717) is 51.7 Å². The quantitative estimate of drug-likeness (QED) is 0.0172. The number of carbonyl (C=O) groups is 4. The second-order valence-corrected chi connectivity index (χ2v) is 24.4. The van der Waals surface area contributed by atoms with Gasteiger partial charge in [0.1, 0.15) is 18.3 Å². The first-order chi connectivity index (χ1) is 40.3. The summed E-state index contributed by atoms with van der Waals surface area (Å²) in [5, 5.41) is 30.9. The van der Waals surface area contributed by atoms with Crippen molar-refractivity contribution in [3.8, 4) is 0 Å². The molecule has 3 rings (SSSR count). The third kappa shape index (κ3) is 47.3. The Hall–Kier alpha value is -1.76. The molecule has 14 nitrogen and oxygen atoms in total. The van der Waals surface area contributed by atoms with Crippen LogP contribution < -0.4 is 18.9 Å². The normalized spacial score (nSPS) is 19.3. The van der Waals surface area contributed by atoms with E-state index in [4.69, 9.17) is 28.4 Å². The molecule has 3 fully saturated rings. The molecule has 0 spiro atoms. The van der Waals surface area contributed by atoms with Crippen molar-refractivity contribution in [2.24, 2.45) is 0 Å². The number of hydrogen-bond acceptors (Lipinski definition) is 14. The fourth-order valence-electron chi connectivity index (χ4n) is 11.2. The molecule has 3 saturated heterocycles. The fourth-order valence-corrected chi connectivity index (χ4v) is 11.2. The summed E-state index contributed by atoms with van der Waals surface area (Å²) in [6, 6.07) is 0. The number of aliphatic hydroxyl groups is 3. The molecular weight excluding hydrogens is 1060 g/mol. The zero-order chi connectivity index (χ0) is 61.0. The number of hydrogen-bond donors (Lipinski definition) is 3. The summed E-state index contributed by atoms with van der Waals surface area (Å²) in [7, 11) is 0. The van der Waals surface area contributed by atoms with E-state index >= 15 is 0 Å². The smallest absolute Gasteiger partial charge is 0.496 e. The molecule has 3 N–H and O–H groups in total.